The van der Waals surface area contributed by atoms with Gasteiger partial charge in [-0.1, -0.05) is 26.7 Å². The van der Waals surface area contributed by atoms with Crippen LogP contribution in [0.15, 0.2) is 0 Å². The van der Waals surface area contributed by atoms with Crippen LogP contribution in [0, 0.1) is 5.92 Å². The molecule has 0 spiro atoms. The van der Waals surface area contributed by atoms with E-state index in [-0.39, 0.29) is 4.75 Å². The van der Waals surface area contributed by atoms with Crippen molar-refractivity contribution in [2.24, 2.45) is 5.92 Å². The quantitative estimate of drug-likeness (QED) is 0.656. The van der Waals surface area contributed by atoms with Crippen LogP contribution >= 0.6 is 12.6 Å². The molecule has 0 saturated heterocycles. The molecule has 0 amide bonds. The van der Waals surface area contributed by atoms with Crippen LogP contribution in [0.1, 0.15) is 46.0 Å². The zero-order valence-corrected chi connectivity index (χ0v) is 8.86. The van der Waals surface area contributed by atoms with Gasteiger partial charge in [-0.05, 0) is 12.3 Å². The molecule has 70 valence electrons. The molecule has 2 heteroatoms. The molecule has 1 saturated carbocycles. The predicted molar refractivity (Wildman–Crippen MR) is 54.6 cm³/mol. The molecule has 1 nitrogen and oxygen atoms in total. The minimum absolute atomic E-state index is 0.0326. The highest BCUT2D eigenvalue weighted by Gasteiger charge is 2.32. The van der Waals surface area contributed by atoms with Crippen molar-refractivity contribution in [3.63, 3.8) is 0 Å². The molecule has 0 aromatic rings. The predicted octanol–water partition coefficient (Wildman–Crippen LogP) is 2.84. The number of rotatable bonds is 2. The second kappa shape index (κ2) is 3.82. The van der Waals surface area contributed by atoms with E-state index in [1.165, 1.54) is 12.8 Å². The van der Waals surface area contributed by atoms with Crippen molar-refractivity contribution < 1.29 is 4.79 Å². The molecule has 2 unspecified atom stereocenters. The summed E-state index contributed by atoms with van der Waals surface area (Å²) in [5, 5.41) is 0. The summed E-state index contributed by atoms with van der Waals surface area (Å²) in [4.78, 5) is 11.3. The molecular formula is C10H18OS. The van der Waals surface area contributed by atoms with Gasteiger partial charge >= 0.3 is 0 Å². The molecule has 0 aromatic heterocycles. The third kappa shape index (κ3) is 2.81. The number of hydrogen-bond donors (Lipinski definition) is 1. The van der Waals surface area contributed by atoms with Gasteiger partial charge in [0.25, 0.3) is 0 Å². The van der Waals surface area contributed by atoms with E-state index in [1.807, 2.05) is 0 Å². The Balaban J connectivity index is 2.51. The summed E-state index contributed by atoms with van der Waals surface area (Å²) in [6.07, 6.45) is 4.93. The van der Waals surface area contributed by atoms with Gasteiger partial charge in [0.05, 0.1) is 0 Å². The molecule has 1 rings (SSSR count). The normalized spacial score (nSPS) is 36.9. The average Bonchev–Trinajstić information content (AvgIpc) is 1.82. The Morgan fingerprint density at radius 2 is 2.33 bits per heavy atom. The number of carbonyl (C=O) groups excluding carboxylic acids is 1. The summed E-state index contributed by atoms with van der Waals surface area (Å²) in [6, 6.07) is 0. The lowest BCUT2D eigenvalue weighted by Crippen LogP contribution is -2.32. The highest BCUT2D eigenvalue weighted by Crippen LogP contribution is 2.36. The maximum absolute atomic E-state index is 11.3. The zero-order chi connectivity index (χ0) is 9.19. The van der Waals surface area contributed by atoms with E-state index in [1.54, 1.807) is 0 Å². The lowest BCUT2D eigenvalue weighted by atomic mass is 9.79. The van der Waals surface area contributed by atoms with E-state index < -0.39 is 0 Å². The van der Waals surface area contributed by atoms with Gasteiger partial charge in [0, 0.05) is 17.6 Å². The summed E-state index contributed by atoms with van der Waals surface area (Å²) in [7, 11) is 0. The van der Waals surface area contributed by atoms with Gasteiger partial charge in [0.15, 0.2) is 0 Å². The summed E-state index contributed by atoms with van der Waals surface area (Å²) >= 11 is 4.51. The number of thiol groups is 1. The molecule has 0 heterocycles. The van der Waals surface area contributed by atoms with Crippen LogP contribution in [0.3, 0.4) is 0 Å². The zero-order valence-electron chi connectivity index (χ0n) is 7.97. The Morgan fingerprint density at radius 3 is 2.83 bits per heavy atom. The van der Waals surface area contributed by atoms with Gasteiger partial charge in [-0.3, -0.25) is 4.79 Å². The standard InChI is InChI=1S/C10H18OS/c1-3-4-8-5-9(11)7-10(2,12)6-8/h8,12H,3-7H2,1-2H3. The fraction of sp³-hybridized carbons (Fsp3) is 0.900. The fourth-order valence-electron chi connectivity index (χ4n) is 2.20. The first-order chi connectivity index (χ1) is 5.53. The fourth-order valence-corrected chi connectivity index (χ4v) is 2.63. The first-order valence-electron chi connectivity index (χ1n) is 4.77. The van der Waals surface area contributed by atoms with Crippen LogP contribution in [0.4, 0.5) is 0 Å². The highest BCUT2D eigenvalue weighted by atomic mass is 32.1. The van der Waals surface area contributed by atoms with Crippen LogP contribution < -0.4 is 0 Å². The maximum atomic E-state index is 11.3. The number of hydrogen-bond acceptors (Lipinski definition) is 2. The van der Waals surface area contributed by atoms with Crippen LogP contribution in [0.25, 0.3) is 0 Å². The summed E-state index contributed by atoms with van der Waals surface area (Å²) in [5.41, 5.74) is 0. The second-order valence-corrected chi connectivity index (χ2v) is 5.36. The lowest BCUT2D eigenvalue weighted by Gasteiger charge is -2.33. The molecule has 0 aromatic carbocycles. The Labute approximate surface area is 80.3 Å². The first kappa shape index (κ1) is 10.1. The number of ketones is 1. The van der Waals surface area contributed by atoms with Crippen LogP contribution in [0.5, 0.6) is 0 Å². The number of carbonyl (C=O) groups is 1. The van der Waals surface area contributed by atoms with E-state index in [2.05, 4.69) is 26.5 Å². The second-order valence-electron chi connectivity index (χ2n) is 4.28. The van der Waals surface area contributed by atoms with Crippen molar-refractivity contribution in [1.29, 1.82) is 0 Å². The van der Waals surface area contributed by atoms with Crippen molar-refractivity contribution in [3.05, 3.63) is 0 Å². The Kier molecular flexibility index (Phi) is 3.22. The molecule has 0 aliphatic heterocycles. The monoisotopic (exact) mass is 186 g/mol. The summed E-state index contributed by atoms with van der Waals surface area (Å²) < 4.78 is -0.0326. The van der Waals surface area contributed by atoms with Gasteiger partial charge in [-0.25, -0.2) is 0 Å². The van der Waals surface area contributed by atoms with Crippen molar-refractivity contribution in [2.75, 3.05) is 0 Å². The third-order valence-corrected chi connectivity index (χ3v) is 2.86. The molecule has 0 N–H and O–H groups in total. The van der Waals surface area contributed by atoms with Crippen LogP contribution in [0.2, 0.25) is 0 Å². The van der Waals surface area contributed by atoms with E-state index in [4.69, 9.17) is 0 Å². The van der Waals surface area contributed by atoms with E-state index >= 15 is 0 Å². The maximum Gasteiger partial charge on any atom is 0.134 e. The minimum Gasteiger partial charge on any atom is -0.300 e. The largest absolute Gasteiger partial charge is 0.300 e. The molecular weight excluding hydrogens is 168 g/mol. The van der Waals surface area contributed by atoms with E-state index in [0.29, 0.717) is 18.1 Å². The third-order valence-electron chi connectivity index (χ3n) is 2.52. The smallest absolute Gasteiger partial charge is 0.134 e. The average molecular weight is 186 g/mol. The van der Waals surface area contributed by atoms with Gasteiger partial charge in [-0.15, -0.1) is 0 Å². The van der Waals surface area contributed by atoms with Crippen molar-refractivity contribution >= 4 is 18.4 Å². The number of Topliss-reactive ketones (excluding diaryl/α,β-unsaturated/α-hetero) is 1. The summed E-state index contributed by atoms with van der Waals surface area (Å²) in [6.45, 7) is 4.25. The van der Waals surface area contributed by atoms with Gasteiger partial charge in [0.1, 0.15) is 5.78 Å². The molecule has 1 aliphatic carbocycles. The molecule has 1 fully saturated rings. The minimum atomic E-state index is -0.0326. The van der Waals surface area contributed by atoms with Gasteiger partial charge < -0.3 is 0 Å². The molecule has 2 atom stereocenters. The summed E-state index contributed by atoms with van der Waals surface area (Å²) in [5.74, 6) is 0.996. The van der Waals surface area contributed by atoms with Crippen LogP contribution in [-0.4, -0.2) is 10.5 Å². The van der Waals surface area contributed by atoms with Gasteiger partial charge in [-0.2, -0.15) is 12.6 Å². The van der Waals surface area contributed by atoms with Crippen molar-refractivity contribution in [1.82, 2.24) is 0 Å². The van der Waals surface area contributed by atoms with E-state index in [0.717, 1.165) is 12.8 Å². The van der Waals surface area contributed by atoms with E-state index in [9.17, 15) is 4.79 Å². The molecule has 1 aliphatic rings. The topological polar surface area (TPSA) is 17.1 Å². The van der Waals surface area contributed by atoms with Crippen molar-refractivity contribution in [3.8, 4) is 0 Å². The lowest BCUT2D eigenvalue weighted by molar-refractivity contribution is -0.122. The Morgan fingerprint density at radius 1 is 1.67 bits per heavy atom. The van der Waals surface area contributed by atoms with Crippen LogP contribution in [-0.2, 0) is 4.79 Å². The molecule has 0 bridgehead atoms. The SMILES string of the molecule is CCCC1CC(=O)CC(C)(S)C1. The first-order valence-corrected chi connectivity index (χ1v) is 5.22. The highest BCUT2D eigenvalue weighted by molar-refractivity contribution is 7.81. The molecule has 0 radical (unpaired) electrons. The Hall–Kier alpha value is 0.0200. The van der Waals surface area contributed by atoms with Gasteiger partial charge in [0.2, 0.25) is 0 Å². The molecule has 12 heavy (non-hydrogen) atoms. The Bertz CT molecular complexity index is 175. The van der Waals surface area contributed by atoms with Crippen molar-refractivity contribution in [2.45, 2.75) is 50.7 Å².